The zero-order chi connectivity index (χ0) is 33.1. The minimum absolute atomic E-state index is 0.237. The number of hydrogen-bond acceptors (Lipinski definition) is 2. The lowest BCUT2D eigenvalue weighted by Crippen LogP contribution is -2.14. The average Bonchev–Trinajstić information content (AvgIpc) is 3.60. The Morgan fingerprint density at radius 1 is 0.540 bits per heavy atom. The molecule has 2 heterocycles. The predicted octanol–water partition coefficient (Wildman–Crippen LogP) is 11.4. The predicted molar refractivity (Wildman–Crippen MR) is 205 cm³/mol. The maximum absolute atomic E-state index is 5.40. The third kappa shape index (κ3) is 3.56. The van der Waals surface area contributed by atoms with Gasteiger partial charge in [-0.1, -0.05) is 111 Å². The van der Waals surface area contributed by atoms with Gasteiger partial charge in [0, 0.05) is 43.5 Å². The number of nitrogens with zero attached hydrogens (tertiary/aromatic N) is 3. The van der Waals surface area contributed by atoms with Gasteiger partial charge in [0.25, 0.3) is 0 Å². The fourth-order valence-electron chi connectivity index (χ4n) is 8.49. The molecule has 0 amide bonds. The van der Waals surface area contributed by atoms with E-state index in [-0.39, 0.29) is 5.41 Å². The van der Waals surface area contributed by atoms with Crippen LogP contribution >= 0.6 is 0 Å². The van der Waals surface area contributed by atoms with Crippen LogP contribution in [-0.4, -0.2) is 14.5 Å². The van der Waals surface area contributed by atoms with Crippen molar-refractivity contribution in [1.29, 1.82) is 0 Å². The van der Waals surface area contributed by atoms with E-state index in [4.69, 9.17) is 9.97 Å². The van der Waals surface area contributed by atoms with Crippen molar-refractivity contribution in [3.05, 3.63) is 163 Å². The molecule has 0 atom stereocenters. The number of hydrogen-bond donors (Lipinski definition) is 0. The topological polar surface area (TPSA) is 30.7 Å². The molecular formula is C47H27N3. The lowest BCUT2D eigenvalue weighted by molar-refractivity contribution is 0.661. The lowest BCUT2D eigenvalue weighted by atomic mass is 9.83. The Balaban J connectivity index is 1.34. The number of para-hydroxylation sites is 1. The molecular weight excluding hydrogens is 607 g/mol. The van der Waals surface area contributed by atoms with Gasteiger partial charge in [-0.2, -0.15) is 0 Å². The Bertz CT molecular complexity index is 3060. The van der Waals surface area contributed by atoms with E-state index in [0.717, 1.165) is 49.4 Å². The van der Waals surface area contributed by atoms with Crippen molar-refractivity contribution in [2.45, 2.75) is 19.3 Å². The van der Waals surface area contributed by atoms with Gasteiger partial charge in [0.1, 0.15) is 0 Å². The second-order valence-corrected chi connectivity index (χ2v) is 13.9. The van der Waals surface area contributed by atoms with Gasteiger partial charge in [-0.3, -0.25) is 4.57 Å². The van der Waals surface area contributed by atoms with Crippen LogP contribution in [-0.2, 0) is 5.41 Å². The Hall–Kier alpha value is -6.68. The van der Waals surface area contributed by atoms with Crippen molar-refractivity contribution < 1.29 is 0 Å². The summed E-state index contributed by atoms with van der Waals surface area (Å²) in [6, 6.07) is 58.6. The first-order valence-corrected chi connectivity index (χ1v) is 17.0. The van der Waals surface area contributed by atoms with Crippen LogP contribution in [0.1, 0.15) is 25.0 Å². The molecule has 0 N–H and O–H groups in total. The molecule has 230 valence electrons. The van der Waals surface area contributed by atoms with Gasteiger partial charge >= 0.3 is 0 Å². The van der Waals surface area contributed by atoms with Gasteiger partial charge in [-0.05, 0) is 92.8 Å². The molecule has 1 aliphatic rings. The highest BCUT2D eigenvalue weighted by Gasteiger charge is 2.37. The molecule has 2 aromatic heterocycles. The smallest absolute Gasteiger partial charge is 0.235 e. The maximum atomic E-state index is 5.40. The zero-order valence-corrected chi connectivity index (χ0v) is 27.5. The van der Waals surface area contributed by atoms with Gasteiger partial charge in [-0.15, -0.1) is 0 Å². The van der Waals surface area contributed by atoms with Crippen LogP contribution in [0.2, 0.25) is 0 Å². The second kappa shape index (κ2) is 9.70. The summed E-state index contributed by atoms with van der Waals surface area (Å²) in [4.78, 5) is 10.7. The normalized spacial score (nSPS) is 13.2. The van der Waals surface area contributed by atoms with Crippen LogP contribution in [0.25, 0.3) is 93.4 Å². The molecule has 0 unspecified atom stereocenters. The van der Waals surface area contributed by atoms with Crippen LogP contribution in [0.4, 0.5) is 0 Å². The summed E-state index contributed by atoms with van der Waals surface area (Å²) in [7, 11) is 0. The van der Waals surface area contributed by atoms with E-state index < -0.39 is 0 Å². The summed E-state index contributed by atoms with van der Waals surface area (Å²) >= 11 is 0. The molecule has 50 heavy (non-hydrogen) atoms. The third-order valence-electron chi connectivity index (χ3n) is 10.8. The van der Waals surface area contributed by atoms with Crippen LogP contribution in [0.3, 0.4) is 0 Å². The lowest BCUT2D eigenvalue weighted by Gasteiger charge is -2.20. The van der Waals surface area contributed by atoms with Crippen molar-refractivity contribution in [3.8, 4) is 28.3 Å². The molecule has 1 aliphatic carbocycles. The minimum Gasteiger partial charge on any atom is -0.278 e. The fraction of sp³-hybridized carbons (Fsp3) is 0.0638. The molecule has 8 aromatic carbocycles. The van der Waals surface area contributed by atoms with Crippen molar-refractivity contribution in [2.75, 3.05) is 0 Å². The highest BCUT2D eigenvalue weighted by Crippen LogP contribution is 2.51. The minimum atomic E-state index is -0.237. The van der Waals surface area contributed by atoms with Gasteiger partial charge in [0.2, 0.25) is 5.95 Å². The Morgan fingerprint density at radius 3 is 2.10 bits per heavy atom. The zero-order valence-electron chi connectivity index (χ0n) is 27.5. The maximum Gasteiger partial charge on any atom is 0.235 e. The SMILES string of the molecule is CC1(C)c2c#cccc2-c2cc3c4cc5c(cc4n(-c4nc(-c6ccccc6)c6ccccc6n4)c3cc21)c1c#cccc1c1ccccc15. The van der Waals surface area contributed by atoms with Crippen molar-refractivity contribution in [2.24, 2.45) is 0 Å². The number of rotatable bonds is 2. The van der Waals surface area contributed by atoms with Crippen LogP contribution in [0, 0.1) is 24.3 Å². The molecule has 3 heteroatoms. The molecule has 11 rings (SSSR count). The Labute approximate surface area is 289 Å². The van der Waals surface area contributed by atoms with Crippen LogP contribution < -0.4 is 0 Å². The Kier molecular flexibility index (Phi) is 5.29. The first-order chi connectivity index (χ1) is 24.6. The number of benzene rings is 6. The quantitative estimate of drug-likeness (QED) is 0.177. The first kappa shape index (κ1) is 27.3. The van der Waals surface area contributed by atoms with Crippen molar-refractivity contribution in [3.63, 3.8) is 0 Å². The van der Waals surface area contributed by atoms with E-state index in [9.17, 15) is 0 Å². The van der Waals surface area contributed by atoms with Gasteiger partial charge in [-0.25, -0.2) is 9.97 Å². The fourth-order valence-corrected chi connectivity index (χ4v) is 8.49. The first-order valence-electron chi connectivity index (χ1n) is 17.0. The molecule has 0 saturated carbocycles. The molecule has 0 spiro atoms. The van der Waals surface area contributed by atoms with Crippen molar-refractivity contribution in [1.82, 2.24) is 14.5 Å². The number of fused-ring (bicyclic) bond motifs is 13. The molecule has 0 fully saturated rings. The standard InChI is InChI=1S/C47H27N3/c1-47(2)40-22-12-10-20-33(40)37-25-39-38-24-35-31-18-8-6-16-29(31)30-17-7-9-19-32(30)36(35)26-43(38)50(44(39)27-41(37)47)46-48-42-23-13-11-21-34(42)45(49-46)28-14-4-3-5-15-28/h3-8,10-11,13-18,20-21,23-27H,1-2H3. The summed E-state index contributed by atoms with van der Waals surface area (Å²) < 4.78 is 2.28. The van der Waals surface area contributed by atoms with E-state index >= 15 is 0 Å². The molecule has 10 aromatic rings. The summed E-state index contributed by atoms with van der Waals surface area (Å²) in [6.45, 7) is 4.58. The van der Waals surface area contributed by atoms with Gasteiger partial charge < -0.3 is 0 Å². The summed E-state index contributed by atoms with van der Waals surface area (Å²) in [5, 5.41) is 10.4. The highest BCUT2D eigenvalue weighted by atomic mass is 15.2. The molecule has 0 bridgehead atoms. The Morgan fingerprint density at radius 2 is 1.24 bits per heavy atom. The van der Waals surface area contributed by atoms with E-state index in [1.807, 2.05) is 18.2 Å². The molecule has 0 aliphatic heterocycles. The average molecular weight is 634 g/mol. The highest BCUT2D eigenvalue weighted by molar-refractivity contribution is 6.28. The van der Waals surface area contributed by atoms with Gasteiger partial charge in [0.05, 0.1) is 22.2 Å². The van der Waals surface area contributed by atoms with E-state index in [1.165, 1.54) is 49.2 Å². The summed E-state index contributed by atoms with van der Waals surface area (Å²) in [5.41, 5.74) is 9.71. The van der Waals surface area contributed by atoms with E-state index in [2.05, 4.69) is 152 Å². The van der Waals surface area contributed by atoms with Crippen LogP contribution in [0.15, 0.2) is 127 Å². The van der Waals surface area contributed by atoms with Crippen LogP contribution in [0.5, 0.6) is 0 Å². The van der Waals surface area contributed by atoms with Crippen molar-refractivity contribution >= 4 is 65.0 Å². The number of aromatic nitrogens is 3. The van der Waals surface area contributed by atoms with E-state index in [0.29, 0.717) is 5.95 Å². The largest absolute Gasteiger partial charge is 0.278 e. The monoisotopic (exact) mass is 633 g/mol. The second-order valence-electron chi connectivity index (χ2n) is 13.9. The molecule has 0 radical (unpaired) electrons. The third-order valence-corrected chi connectivity index (χ3v) is 10.8. The molecule has 3 nitrogen and oxygen atoms in total. The summed E-state index contributed by atoms with van der Waals surface area (Å²) in [6.07, 6.45) is 0. The summed E-state index contributed by atoms with van der Waals surface area (Å²) in [5.74, 6) is 0.649. The van der Waals surface area contributed by atoms with E-state index in [1.54, 1.807) is 0 Å². The molecule has 0 saturated heterocycles. The van der Waals surface area contributed by atoms with Gasteiger partial charge in [0.15, 0.2) is 0 Å².